The largest absolute Gasteiger partial charge is 0.390 e. The van der Waals surface area contributed by atoms with Gasteiger partial charge >= 0.3 is 6.18 Å². The standard InChI is InChI=1S/C7H10F3N3O2S2/c1-4-5(16-6(11)13-4)17(14,15)12-3-2-7(8,9)10/h12H,2-3H2,1H3,(H2,11,13). The summed E-state index contributed by atoms with van der Waals surface area (Å²) in [6, 6.07) is 0. The number of nitrogens with zero attached hydrogens (tertiary/aromatic N) is 1. The van der Waals surface area contributed by atoms with Gasteiger partial charge in [-0.1, -0.05) is 11.3 Å². The van der Waals surface area contributed by atoms with Gasteiger partial charge in [0.15, 0.2) is 9.34 Å². The van der Waals surface area contributed by atoms with E-state index in [0.29, 0.717) is 11.3 Å². The molecule has 0 unspecified atom stereocenters. The molecule has 0 radical (unpaired) electrons. The monoisotopic (exact) mass is 289 g/mol. The molecule has 1 aromatic rings. The number of nitrogens with one attached hydrogen (secondary N) is 1. The van der Waals surface area contributed by atoms with E-state index in [1.807, 2.05) is 4.72 Å². The van der Waals surface area contributed by atoms with Crippen molar-refractivity contribution in [1.29, 1.82) is 0 Å². The lowest BCUT2D eigenvalue weighted by Gasteiger charge is -2.07. The molecule has 10 heteroatoms. The van der Waals surface area contributed by atoms with Crippen LogP contribution in [0.5, 0.6) is 0 Å². The lowest BCUT2D eigenvalue weighted by atomic mass is 10.4. The van der Waals surface area contributed by atoms with Crippen molar-refractivity contribution < 1.29 is 21.6 Å². The Bertz CT molecular complexity index is 495. The first-order valence-corrected chi connectivity index (χ1v) is 6.71. The maximum absolute atomic E-state index is 11.9. The molecule has 0 fully saturated rings. The van der Waals surface area contributed by atoms with Crippen LogP contribution >= 0.6 is 11.3 Å². The number of rotatable bonds is 4. The van der Waals surface area contributed by atoms with Gasteiger partial charge in [0.1, 0.15) is 0 Å². The van der Waals surface area contributed by atoms with E-state index in [2.05, 4.69) is 4.98 Å². The Balaban J connectivity index is 2.73. The number of sulfonamides is 1. The van der Waals surface area contributed by atoms with E-state index in [9.17, 15) is 21.6 Å². The first-order chi connectivity index (χ1) is 7.62. The van der Waals surface area contributed by atoms with Crippen molar-refractivity contribution >= 4 is 26.5 Å². The fourth-order valence-electron chi connectivity index (χ4n) is 1.04. The summed E-state index contributed by atoms with van der Waals surface area (Å²) in [5.41, 5.74) is 5.48. The summed E-state index contributed by atoms with van der Waals surface area (Å²) in [7, 11) is -3.97. The molecule has 3 N–H and O–H groups in total. The van der Waals surface area contributed by atoms with E-state index in [1.165, 1.54) is 6.92 Å². The number of nitrogens with two attached hydrogens (primary N) is 1. The third kappa shape index (κ3) is 4.13. The van der Waals surface area contributed by atoms with Gasteiger partial charge in [0, 0.05) is 6.54 Å². The van der Waals surface area contributed by atoms with E-state index >= 15 is 0 Å². The SMILES string of the molecule is Cc1nc(N)sc1S(=O)(=O)NCCC(F)(F)F. The van der Waals surface area contributed by atoms with Gasteiger partial charge in [0.05, 0.1) is 12.1 Å². The third-order valence-corrected chi connectivity index (χ3v) is 4.77. The van der Waals surface area contributed by atoms with Crippen molar-refractivity contribution in [3.63, 3.8) is 0 Å². The maximum atomic E-state index is 11.9. The number of anilines is 1. The van der Waals surface area contributed by atoms with Crippen LogP contribution in [-0.2, 0) is 10.0 Å². The van der Waals surface area contributed by atoms with Crippen LogP contribution in [0.4, 0.5) is 18.3 Å². The molecule has 0 saturated carbocycles. The Hall–Kier alpha value is -0.870. The summed E-state index contributed by atoms with van der Waals surface area (Å²) in [6.45, 7) is 0.717. The molecule has 0 aromatic carbocycles. The number of thiazole rings is 1. The molecule has 98 valence electrons. The molecule has 0 saturated heterocycles. The molecule has 0 aliphatic carbocycles. The van der Waals surface area contributed by atoms with Crippen LogP contribution in [0.15, 0.2) is 4.21 Å². The second-order valence-electron chi connectivity index (χ2n) is 3.19. The molecule has 0 aliphatic rings. The van der Waals surface area contributed by atoms with Crippen LogP contribution < -0.4 is 10.5 Å². The van der Waals surface area contributed by atoms with Crippen molar-refractivity contribution in [1.82, 2.24) is 9.71 Å². The zero-order chi connectivity index (χ0) is 13.3. The van der Waals surface area contributed by atoms with Gasteiger partial charge in [-0.05, 0) is 6.92 Å². The normalized spacial score (nSPS) is 12.9. The lowest BCUT2D eigenvalue weighted by molar-refractivity contribution is -0.132. The second kappa shape index (κ2) is 4.78. The summed E-state index contributed by atoms with van der Waals surface area (Å²) in [4.78, 5) is 3.69. The molecule has 0 bridgehead atoms. The molecular weight excluding hydrogens is 279 g/mol. The highest BCUT2D eigenvalue weighted by Crippen LogP contribution is 2.25. The van der Waals surface area contributed by atoms with Crippen LogP contribution in [0.3, 0.4) is 0 Å². The Morgan fingerprint density at radius 2 is 2.06 bits per heavy atom. The summed E-state index contributed by atoms with van der Waals surface area (Å²) in [6.07, 6.45) is -5.62. The number of hydrogen-bond acceptors (Lipinski definition) is 5. The summed E-state index contributed by atoms with van der Waals surface area (Å²) in [5.74, 6) is 0. The zero-order valence-electron chi connectivity index (χ0n) is 8.71. The molecule has 1 heterocycles. The third-order valence-electron chi connectivity index (χ3n) is 1.72. The second-order valence-corrected chi connectivity index (χ2v) is 6.18. The number of halogens is 3. The predicted molar refractivity (Wildman–Crippen MR) is 57.1 cm³/mol. The van der Waals surface area contributed by atoms with Gasteiger partial charge < -0.3 is 5.73 Å². The molecule has 0 aliphatic heterocycles. The summed E-state index contributed by atoms with van der Waals surface area (Å²) >= 11 is 0.714. The number of hydrogen-bond donors (Lipinski definition) is 2. The van der Waals surface area contributed by atoms with Crippen molar-refractivity contribution in [3.05, 3.63) is 5.69 Å². The molecule has 1 aromatic heterocycles. The molecule has 0 atom stereocenters. The van der Waals surface area contributed by atoms with Crippen molar-refractivity contribution in [2.75, 3.05) is 12.3 Å². The zero-order valence-corrected chi connectivity index (χ0v) is 10.3. The predicted octanol–water partition coefficient (Wildman–Crippen LogP) is 1.26. The first kappa shape index (κ1) is 14.2. The Kier molecular flexibility index (Phi) is 3.99. The molecule has 0 amide bonds. The first-order valence-electron chi connectivity index (χ1n) is 4.41. The average molecular weight is 289 g/mol. The number of aryl methyl sites for hydroxylation is 1. The van der Waals surface area contributed by atoms with E-state index in [4.69, 9.17) is 5.73 Å². The van der Waals surface area contributed by atoms with Crippen molar-refractivity contribution in [3.8, 4) is 0 Å². The summed E-state index contributed by atoms with van der Waals surface area (Å²) in [5, 5.41) is 0.0543. The minimum atomic E-state index is -4.40. The summed E-state index contributed by atoms with van der Waals surface area (Å²) < 4.78 is 60.4. The minimum Gasteiger partial charge on any atom is -0.375 e. The fourth-order valence-corrected chi connectivity index (χ4v) is 3.42. The van der Waals surface area contributed by atoms with Crippen LogP contribution in [-0.4, -0.2) is 26.1 Å². The number of nitrogen functional groups attached to an aromatic ring is 1. The van der Waals surface area contributed by atoms with Gasteiger partial charge in [-0.2, -0.15) is 13.2 Å². The lowest BCUT2D eigenvalue weighted by Crippen LogP contribution is -2.28. The fraction of sp³-hybridized carbons (Fsp3) is 0.571. The van der Waals surface area contributed by atoms with Crippen LogP contribution in [0.1, 0.15) is 12.1 Å². The minimum absolute atomic E-state index is 0.0543. The highest BCUT2D eigenvalue weighted by molar-refractivity contribution is 7.91. The van der Waals surface area contributed by atoms with Crippen LogP contribution in [0.2, 0.25) is 0 Å². The molecule has 5 nitrogen and oxygen atoms in total. The van der Waals surface area contributed by atoms with Crippen LogP contribution in [0, 0.1) is 6.92 Å². The smallest absolute Gasteiger partial charge is 0.375 e. The highest BCUT2D eigenvalue weighted by atomic mass is 32.2. The number of aromatic nitrogens is 1. The topological polar surface area (TPSA) is 85.1 Å². The molecular formula is C7H10F3N3O2S2. The van der Waals surface area contributed by atoms with Crippen LogP contribution in [0.25, 0.3) is 0 Å². The van der Waals surface area contributed by atoms with E-state index in [0.717, 1.165) is 0 Å². The van der Waals surface area contributed by atoms with Gasteiger partial charge in [-0.3, -0.25) is 0 Å². The Morgan fingerprint density at radius 3 is 2.47 bits per heavy atom. The Morgan fingerprint density at radius 1 is 1.47 bits per heavy atom. The molecule has 17 heavy (non-hydrogen) atoms. The van der Waals surface area contributed by atoms with Gasteiger partial charge in [-0.15, -0.1) is 0 Å². The van der Waals surface area contributed by atoms with Gasteiger partial charge in [0.25, 0.3) is 10.0 Å². The van der Waals surface area contributed by atoms with Crippen molar-refractivity contribution in [2.24, 2.45) is 0 Å². The van der Waals surface area contributed by atoms with E-state index in [-0.39, 0.29) is 15.0 Å². The Labute approximate surface area is 99.9 Å². The quantitative estimate of drug-likeness (QED) is 0.874. The maximum Gasteiger partial charge on any atom is 0.390 e. The van der Waals surface area contributed by atoms with E-state index < -0.39 is 29.2 Å². The highest BCUT2D eigenvalue weighted by Gasteiger charge is 2.28. The van der Waals surface area contributed by atoms with Gasteiger partial charge in [0.2, 0.25) is 0 Å². The van der Waals surface area contributed by atoms with Crippen molar-refractivity contribution in [2.45, 2.75) is 23.7 Å². The molecule has 1 rings (SSSR count). The van der Waals surface area contributed by atoms with Gasteiger partial charge in [-0.25, -0.2) is 18.1 Å². The average Bonchev–Trinajstić information content (AvgIpc) is 2.43. The molecule has 0 spiro atoms. The number of alkyl halides is 3. The van der Waals surface area contributed by atoms with E-state index in [1.54, 1.807) is 0 Å².